The van der Waals surface area contributed by atoms with Crippen LogP contribution >= 0.6 is 0 Å². The normalized spacial score (nSPS) is 16.1. The fourth-order valence-electron chi connectivity index (χ4n) is 4.02. The Hall–Kier alpha value is -2.66. The Labute approximate surface area is 173 Å². The van der Waals surface area contributed by atoms with E-state index in [1.165, 1.54) is 0 Å². The van der Waals surface area contributed by atoms with E-state index in [9.17, 15) is 9.59 Å². The molecule has 2 amide bonds. The molecule has 2 aromatic rings. The predicted molar refractivity (Wildman–Crippen MR) is 116 cm³/mol. The summed E-state index contributed by atoms with van der Waals surface area (Å²) in [5.41, 5.74) is 1.74. The molecule has 3 rings (SSSR count). The lowest BCUT2D eigenvalue weighted by Gasteiger charge is -2.33. The maximum atomic E-state index is 13.4. The number of nitrogens with zero attached hydrogens (tertiary/aromatic N) is 3. The third-order valence-corrected chi connectivity index (χ3v) is 5.63. The highest BCUT2D eigenvalue weighted by atomic mass is 16.2. The molecule has 0 N–H and O–H groups in total. The summed E-state index contributed by atoms with van der Waals surface area (Å²) in [6, 6.07) is 19.1. The van der Waals surface area contributed by atoms with Crippen molar-refractivity contribution in [2.75, 3.05) is 39.3 Å². The van der Waals surface area contributed by atoms with Gasteiger partial charge >= 0.3 is 0 Å². The highest BCUT2D eigenvalue weighted by Gasteiger charge is 2.32. The molecule has 5 nitrogen and oxygen atoms in total. The van der Waals surface area contributed by atoms with Crippen LogP contribution in [0.1, 0.15) is 42.2 Å². The fraction of sp³-hybridized carbons (Fsp3) is 0.417. The largest absolute Gasteiger partial charge is 0.342 e. The van der Waals surface area contributed by atoms with E-state index in [1.54, 1.807) is 0 Å². The van der Waals surface area contributed by atoms with Crippen LogP contribution in [-0.4, -0.2) is 65.8 Å². The number of likely N-dealkylation sites (N-methyl/N-ethyl adjacent to an activating group) is 1. The molecule has 1 aliphatic heterocycles. The van der Waals surface area contributed by atoms with E-state index >= 15 is 0 Å². The predicted octanol–water partition coefficient (Wildman–Crippen LogP) is 3.44. The molecule has 1 fully saturated rings. The number of carbonyl (C=O) groups is 2. The Kier molecular flexibility index (Phi) is 7.42. The molecule has 154 valence electrons. The standard InChI is InChI=1S/C24H31N3O2/c1-3-25(4-2)24(29)22(20-12-7-5-8-13-20)26-16-11-17-27(19-18-26)23(28)21-14-9-6-10-15-21/h5-10,12-15,22H,3-4,11,16-19H2,1-2H3. The second-order valence-corrected chi connectivity index (χ2v) is 7.37. The molecule has 1 atom stereocenters. The van der Waals surface area contributed by atoms with Gasteiger partial charge in [-0.2, -0.15) is 0 Å². The number of hydrogen-bond donors (Lipinski definition) is 0. The van der Waals surface area contributed by atoms with E-state index in [1.807, 2.05) is 84.3 Å². The Balaban J connectivity index is 1.79. The molecule has 0 radical (unpaired) electrons. The summed E-state index contributed by atoms with van der Waals surface area (Å²) in [5.74, 6) is 0.211. The minimum atomic E-state index is -0.303. The van der Waals surface area contributed by atoms with Crippen molar-refractivity contribution in [1.29, 1.82) is 0 Å². The van der Waals surface area contributed by atoms with Crippen molar-refractivity contribution in [2.24, 2.45) is 0 Å². The first-order chi connectivity index (χ1) is 14.2. The van der Waals surface area contributed by atoms with Gasteiger partial charge in [-0.25, -0.2) is 0 Å². The van der Waals surface area contributed by atoms with Crippen LogP contribution in [0.4, 0.5) is 0 Å². The summed E-state index contributed by atoms with van der Waals surface area (Å²) < 4.78 is 0. The van der Waals surface area contributed by atoms with E-state index in [2.05, 4.69) is 4.90 Å². The molecule has 0 spiro atoms. The maximum absolute atomic E-state index is 13.4. The zero-order chi connectivity index (χ0) is 20.6. The van der Waals surface area contributed by atoms with Crippen LogP contribution in [0.25, 0.3) is 0 Å². The number of benzene rings is 2. The lowest BCUT2D eigenvalue weighted by molar-refractivity contribution is -0.137. The van der Waals surface area contributed by atoms with Gasteiger partial charge in [0, 0.05) is 44.8 Å². The van der Waals surface area contributed by atoms with Gasteiger partial charge in [-0.05, 0) is 38.0 Å². The lowest BCUT2D eigenvalue weighted by atomic mass is 10.0. The molecular weight excluding hydrogens is 362 g/mol. The maximum Gasteiger partial charge on any atom is 0.253 e. The topological polar surface area (TPSA) is 43.9 Å². The average Bonchev–Trinajstić information content (AvgIpc) is 3.02. The number of carbonyl (C=O) groups excluding carboxylic acids is 2. The van der Waals surface area contributed by atoms with Gasteiger partial charge in [-0.1, -0.05) is 48.5 Å². The monoisotopic (exact) mass is 393 g/mol. The van der Waals surface area contributed by atoms with Crippen molar-refractivity contribution < 1.29 is 9.59 Å². The summed E-state index contributed by atoms with van der Waals surface area (Å²) in [4.78, 5) is 32.3. The zero-order valence-corrected chi connectivity index (χ0v) is 17.5. The van der Waals surface area contributed by atoms with Gasteiger partial charge in [-0.3, -0.25) is 14.5 Å². The van der Waals surface area contributed by atoms with E-state index in [0.29, 0.717) is 32.7 Å². The Morgan fingerprint density at radius 1 is 0.862 bits per heavy atom. The third-order valence-electron chi connectivity index (χ3n) is 5.63. The van der Waals surface area contributed by atoms with Crippen molar-refractivity contribution in [3.63, 3.8) is 0 Å². The Morgan fingerprint density at radius 3 is 2.10 bits per heavy atom. The first-order valence-corrected chi connectivity index (χ1v) is 10.6. The summed E-state index contributed by atoms with van der Waals surface area (Å²) in [5, 5.41) is 0. The van der Waals surface area contributed by atoms with Crippen molar-refractivity contribution in [1.82, 2.24) is 14.7 Å². The van der Waals surface area contributed by atoms with Crippen LogP contribution in [0.3, 0.4) is 0 Å². The second kappa shape index (κ2) is 10.2. The molecule has 29 heavy (non-hydrogen) atoms. The van der Waals surface area contributed by atoms with Gasteiger partial charge in [0.05, 0.1) is 0 Å². The van der Waals surface area contributed by atoms with Gasteiger partial charge in [-0.15, -0.1) is 0 Å². The molecule has 0 bridgehead atoms. The smallest absolute Gasteiger partial charge is 0.253 e. The minimum Gasteiger partial charge on any atom is -0.342 e. The fourth-order valence-corrected chi connectivity index (χ4v) is 4.02. The minimum absolute atomic E-state index is 0.0683. The van der Waals surface area contributed by atoms with Crippen molar-refractivity contribution >= 4 is 11.8 Å². The number of rotatable bonds is 6. The molecule has 0 aromatic heterocycles. The van der Waals surface area contributed by atoms with Gasteiger partial charge < -0.3 is 9.80 Å². The molecule has 0 saturated carbocycles. The first kappa shape index (κ1) is 21.1. The number of hydrogen-bond acceptors (Lipinski definition) is 3. The first-order valence-electron chi connectivity index (χ1n) is 10.6. The molecule has 1 heterocycles. The number of amides is 2. The lowest BCUT2D eigenvalue weighted by Crippen LogP contribution is -2.44. The van der Waals surface area contributed by atoms with Crippen LogP contribution in [-0.2, 0) is 4.79 Å². The van der Waals surface area contributed by atoms with Crippen LogP contribution in [0, 0.1) is 0 Å². The third kappa shape index (κ3) is 5.04. The van der Waals surface area contributed by atoms with Gasteiger partial charge in [0.2, 0.25) is 5.91 Å². The van der Waals surface area contributed by atoms with Crippen molar-refractivity contribution in [3.8, 4) is 0 Å². The summed E-state index contributed by atoms with van der Waals surface area (Å²) in [7, 11) is 0. The van der Waals surface area contributed by atoms with Crippen LogP contribution in [0.15, 0.2) is 60.7 Å². The Bertz CT molecular complexity index is 790. The summed E-state index contributed by atoms with van der Waals surface area (Å²) in [6.45, 7) is 8.26. The molecular formula is C24H31N3O2. The van der Waals surface area contributed by atoms with E-state index in [-0.39, 0.29) is 17.9 Å². The Morgan fingerprint density at radius 2 is 1.48 bits per heavy atom. The zero-order valence-electron chi connectivity index (χ0n) is 17.5. The highest BCUT2D eigenvalue weighted by molar-refractivity contribution is 5.94. The molecule has 0 aliphatic carbocycles. The van der Waals surface area contributed by atoms with Gasteiger partial charge in [0.25, 0.3) is 5.91 Å². The molecule has 1 aliphatic rings. The van der Waals surface area contributed by atoms with Gasteiger partial charge in [0.1, 0.15) is 6.04 Å². The van der Waals surface area contributed by atoms with E-state index in [4.69, 9.17) is 0 Å². The molecule has 1 saturated heterocycles. The van der Waals surface area contributed by atoms with E-state index < -0.39 is 0 Å². The summed E-state index contributed by atoms with van der Waals surface area (Å²) >= 11 is 0. The quantitative estimate of drug-likeness (QED) is 0.755. The van der Waals surface area contributed by atoms with Crippen molar-refractivity contribution in [2.45, 2.75) is 26.3 Å². The van der Waals surface area contributed by atoms with Crippen LogP contribution in [0.5, 0.6) is 0 Å². The van der Waals surface area contributed by atoms with Crippen LogP contribution < -0.4 is 0 Å². The molecule has 1 unspecified atom stereocenters. The second-order valence-electron chi connectivity index (χ2n) is 7.37. The van der Waals surface area contributed by atoms with Crippen molar-refractivity contribution in [3.05, 3.63) is 71.8 Å². The van der Waals surface area contributed by atoms with Crippen LogP contribution in [0.2, 0.25) is 0 Å². The average molecular weight is 394 g/mol. The van der Waals surface area contributed by atoms with Gasteiger partial charge in [0.15, 0.2) is 0 Å². The molecule has 5 heteroatoms. The SMILES string of the molecule is CCN(CC)C(=O)C(c1ccccc1)N1CCCN(C(=O)c2ccccc2)CC1. The summed E-state index contributed by atoms with van der Waals surface area (Å²) in [6.07, 6.45) is 0.855. The molecule has 2 aromatic carbocycles. The highest BCUT2D eigenvalue weighted by Crippen LogP contribution is 2.25. The van der Waals surface area contributed by atoms with E-state index in [0.717, 1.165) is 24.1 Å².